The fraction of sp³-hybridized carbons (Fsp3) is 0.138. The molecule has 0 radical (unpaired) electrons. The number of hydrogen-bond acceptors (Lipinski definition) is 4. The fourth-order valence-electron chi connectivity index (χ4n) is 4.87. The van der Waals surface area contributed by atoms with Crippen LogP contribution in [-0.4, -0.2) is 20.4 Å². The van der Waals surface area contributed by atoms with Crippen molar-refractivity contribution in [3.63, 3.8) is 0 Å². The van der Waals surface area contributed by atoms with Gasteiger partial charge in [-0.2, -0.15) is 0 Å². The first-order valence-electron chi connectivity index (χ1n) is 11.9. The number of nitrogens with one attached hydrogen (secondary N) is 2. The van der Waals surface area contributed by atoms with E-state index < -0.39 is 11.5 Å². The third kappa shape index (κ3) is 4.23. The second-order valence-electron chi connectivity index (χ2n) is 9.03. The molecule has 5 rings (SSSR count). The molecule has 8 heteroatoms. The average Bonchev–Trinajstić information content (AvgIpc) is 3.22. The predicted octanol–water partition coefficient (Wildman–Crippen LogP) is 5.47. The Hall–Kier alpha value is -4.85. The minimum atomic E-state index is -1.02. The summed E-state index contributed by atoms with van der Waals surface area (Å²) in [6.07, 6.45) is 4.07. The van der Waals surface area contributed by atoms with Crippen LogP contribution in [0.2, 0.25) is 0 Å². The van der Waals surface area contributed by atoms with Gasteiger partial charge in [0.25, 0.3) is 11.1 Å². The zero-order valence-corrected chi connectivity index (χ0v) is 20.2. The number of hydrogen-bond donors (Lipinski definition) is 2. The third-order valence-electron chi connectivity index (χ3n) is 6.71. The van der Waals surface area contributed by atoms with Crippen LogP contribution in [-0.2, 0) is 6.54 Å². The molecule has 0 spiro atoms. The summed E-state index contributed by atoms with van der Waals surface area (Å²) in [6, 6.07) is 18.1. The van der Waals surface area contributed by atoms with Gasteiger partial charge in [0, 0.05) is 44.5 Å². The molecule has 0 aliphatic heterocycles. The Morgan fingerprint density at radius 1 is 1.08 bits per heavy atom. The summed E-state index contributed by atoms with van der Waals surface area (Å²) in [4.78, 5) is 55.9. The topological polar surface area (TPSA) is 117 Å². The molecule has 0 aliphatic rings. The molecule has 8 nitrogen and oxygen atoms in total. The van der Waals surface area contributed by atoms with Crippen molar-refractivity contribution in [3.05, 3.63) is 122 Å². The lowest BCUT2D eigenvalue weighted by Gasteiger charge is -2.11. The van der Waals surface area contributed by atoms with Gasteiger partial charge in [0.1, 0.15) is 5.69 Å². The molecule has 5 aromatic rings. The number of pyridine rings is 2. The van der Waals surface area contributed by atoms with E-state index >= 15 is 0 Å². The summed E-state index contributed by atoms with van der Waals surface area (Å²) in [7, 11) is 0. The molecule has 2 N–H and O–H groups in total. The zero-order chi connectivity index (χ0) is 26.1. The normalized spacial score (nSPS) is 12.0. The highest BCUT2D eigenvalue weighted by molar-refractivity contribution is 6.10. The van der Waals surface area contributed by atoms with E-state index in [0.717, 1.165) is 17.4 Å². The minimum absolute atomic E-state index is 0.000439. The van der Waals surface area contributed by atoms with Crippen molar-refractivity contribution >= 4 is 27.7 Å². The zero-order valence-electron chi connectivity index (χ0n) is 20.2. The third-order valence-corrected chi connectivity index (χ3v) is 6.71. The van der Waals surface area contributed by atoms with Crippen molar-refractivity contribution in [2.24, 2.45) is 5.18 Å². The number of H-pyrrole nitrogens is 2. The number of allylic oxidation sites excluding steroid dienone is 1. The second kappa shape index (κ2) is 9.66. The van der Waals surface area contributed by atoms with Gasteiger partial charge in [-0.3, -0.25) is 14.4 Å². The Morgan fingerprint density at radius 2 is 1.89 bits per heavy atom. The van der Waals surface area contributed by atoms with E-state index in [1.54, 1.807) is 22.8 Å². The maximum Gasteiger partial charge on any atom is 0.333 e. The smallest absolute Gasteiger partial charge is 0.331 e. The lowest BCUT2D eigenvalue weighted by Crippen LogP contribution is -2.18. The van der Waals surface area contributed by atoms with Crippen LogP contribution in [0.3, 0.4) is 0 Å². The van der Waals surface area contributed by atoms with Gasteiger partial charge in [-0.05, 0) is 59.7 Å². The Kier molecular flexibility index (Phi) is 6.23. The summed E-state index contributed by atoms with van der Waals surface area (Å²) >= 11 is 0. The van der Waals surface area contributed by atoms with Gasteiger partial charge >= 0.3 is 5.91 Å². The molecule has 0 fully saturated rings. The van der Waals surface area contributed by atoms with Crippen LogP contribution in [0, 0.1) is 4.91 Å². The predicted molar refractivity (Wildman–Crippen MR) is 145 cm³/mol. The highest BCUT2D eigenvalue weighted by Gasteiger charge is 2.27. The highest BCUT2D eigenvalue weighted by atomic mass is 16.3. The molecule has 0 bridgehead atoms. The van der Waals surface area contributed by atoms with Crippen LogP contribution >= 0.6 is 0 Å². The lowest BCUT2D eigenvalue weighted by molar-refractivity contribution is 0.0993. The average molecular weight is 493 g/mol. The molecule has 0 aliphatic carbocycles. The number of carbonyl (C=O) groups excluding carboxylic acids is 1. The molecule has 2 aromatic carbocycles. The largest absolute Gasteiger partial charge is 0.333 e. The highest BCUT2D eigenvalue weighted by Crippen LogP contribution is 2.37. The van der Waals surface area contributed by atoms with Gasteiger partial charge in [-0.25, -0.2) is 0 Å². The first-order chi connectivity index (χ1) is 17.9. The summed E-state index contributed by atoms with van der Waals surface area (Å²) in [5.74, 6) is -0.883. The Morgan fingerprint density at radius 3 is 2.65 bits per heavy atom. The van der Waals surface area contributed by atoms with Crippen molar-refractivity contribution in [1.29, 1.82) is 0 Å². The first kappa shape index (κ1) is 23.9. The minimum Gasteiger partial charge on any atom is -0.331 e. The van der Waals surface area contributed by atoms with Crippen LogP contribution in [0.5, 0.6) is 0 Å². The molecule has 1 atom stereocenters. The molecular weight excluding hydrogens is 468 g/mol. The number of aromatic nitrogens is 3. The number of fused-ring (bicyclic) bond motifs is 2. The van der Waals surface area contributed by atoms with Crippen molar-refractivity contribution in [1.82, 2.24) is 14.5 Å². The van der Waals surface area contributed by atoms with Crippen molar-refractivity contribution < 1.29 is 4.79 Å². The van der Waals surface area contributed by atoms with Crippen LogP contribution in [0.4, 0.5) is 0 Å². The maximum atomic E-state index is 13.0. The number of aromatic amines is 2. The molecule has 1 amide bonds. The molecule has 1 unspecified atom stereocenters. The number of rotatable bonds is 7. The van der Waals surface area contributed by atoms with E-state index in [4.69, 9.17) is 0 Å². The van der Waals surface area contributed by atoms with Gasteiger partial charge in [0.2, 0.25) is 0 Å². The molecular formula is C29H24N4O4. The number of nitrogens with zero attached hydrogens (tertiary/aromatic N) is 2. The number of para-hydroxylation sites is 1. The van der Waals surface area contributed by atoms with E-state index in [2.05, 4.69) is 28.6 Å². The molecule has 0 saturated carbocycles. The monoisotopic (exact) mass is 492 g/mol. The fourth-order valence-corrected chi connectivity index (χ4v) is 4.87. The van der Waals surface area contributed by atoms with E-state index in [1.807, 2.05) is 48.5 Å². The van der Waals surface area contributed by atoms with E-state index in [-0.39, 0.29) is 29.3 Å². The molecule has 3 heterocycles. The first-order valence-corrected chi connectivity index (χ1v) is 11.9. The number of benzene rings is 2. The van der Waals surface area contributed by atoms with E-state index in [9.17, 15) is 19.3 Å². The molecule has 184 valence electrons. The maximum absolute atomic E-state index is 13.0. The SMILES string of the molecule is C=CCC(C)c1ccc2c(c1)c(-c1ccc[nH]c1=O)c(C(=O)N=O)n2Cc1cc2ccccc2[nH]c1=O. The quantitative estimate of drug-likeness (QED) is 0.231. The van der Waals surface area contributed by atoms with E-state index in [0.29, 0.717) is 27.5 Å². The summed E-state index contributed by atoms with van der Waals surface area (Å²) in [5.41, 5.74) is 2.47. The van der Waals surface area contributed by atoms with Crippen molar-refractivity contribution in [2.45, 2.75) is 25.8 Å². The molecule has 3 aromatic heterocycles. The lowest BCUT2D eigenvalue weighted by atomic mass is 9.94. The summed E-state index contributed by atoms with van der Waals surface area (Å²) < 4.78 is 1.60. The van der Waals surface area contributed by atoms with Crippen molar-refractivity contribution in [3.8, 4) is 11.1 Å². The Balaban J connectivity index is 1.84. The van der Waals surface area contributed by atoms with Gasteiger partial charge in [-0.1, -0.05) is 37.3 Å². The second-order valence-corrected chi connectivity index (χ2v) is 9.03. The van der Waals surface area contributed by atoms with Gasteiger partial charge in [0.05, 0.1) is 6.54 Å². The Bertz CT molecular complexity index is 1810. The number of amides is 1. The van der Waals surface area contributed by atoms with Gasteiger partial charge in [-0.15, -0.1) is 11.5 Å². The van der Waals surface area contributed by atoms with Crippen molar-refractivity contribution in [2.75, 3.05) is 0 Å². The summed E-state index contributed by atoms with van der Waals surface area (Å²) in [6.45, 7) is 5.88. The summed E-state index contributed by atoms with van der Waals surface area (Å²) in [5, 5.41) is 4.16. The number of nitroso groups, excluding NO2 is 1. The van der Waals surface area contributed by atoms with Gasteiger partial charge < -0.3 is 14.5 Å². The van der Waals surface area contributed by atoms with E-state index in [1.165, 1.54) is 6.20 Å². The Labute approximate surface area is 211 Å². The van der Waals surface area contributed by atoms with Gasteiger partial charge in [0.15, 0.2) is 0 Å². The number of carbonyl (C=O) groups is 1. The molecule has 37 heavy (non-hydrogen) atoms. The molecule has 0 saturated heterocycles. The van der Waals surface area contributed by atoms with Crippen LogP contribution < -0.4 is 11.1 Å². The van der Waals surface area contributed by atoms with Crippen LogP contribution in [0.25, 0.3) is 32.9 Å². The standard InChI is InChI=1S/C29H24N4O4/c1-3-7-17(2)18-11-12-24-22(15-18)25(21-9-6-13-30-28(21)35)26(29(36)32-37)33(24)16-20-14-19-8-4-5-10-23(19)31-27(20)34/h3-6,8-15,17H,1,7,16H2,2H3,(H,30,35)(H,31,34). The van der Waals surface area contributed by atoms with Crippen LogP contribution in [0.15, 0.2) is 94.3 Å². The van der Waals surface area contributed by atoms with Crippen LogP contribution in [0.1, 0.15) is 40.9 Å².